The molecule has 0 aromatic carbocycles. The highest BCUT2D eigenvalue weighted by molar-refractivity contribution is 6.03. The average molecular weight is 382 g/mol. The molecule has 1 aliphatic heterocycles. The normalized spacial score (nSPS) is 18.9. The van der Waals surface area contributed by atoms with Crippen molar-refractivity contribution in [2.24, 2.45) is 23.2 Å². The molecule has 1 heterocycles. The largest absolute Gasteiger partial charge is 0.338 e. The van der Waals surface area contributed by atoms with Crippen LogP contribution in [0.1, 0.15) is 73.6 Å². The number of hydrogen-bond acceptors (Lipinski definition) is 3. The molecule has 4 amide bonds. The highest BCUT2D eigenvalue weighted by Crippen LogP contribution is 2.35. The van der Waals surface area contributed by atoms with Crippen LogP contribution in [-0.2, 0) is 9.59 Å². The molecule has 1 saturated heterocycles. The van der Waals surface area contributed by atoms with Crippen LogP contribution >= 0.6 is 0 Å². The third kappa shape index (κ3) is 7.89. The second-order valence-corrected chi connectivity index (χ2v) is 9.26. The van der Waals surface area contributed by atoms with Gasteiger partial charge in [0.2, 0.25) is 11.8 Å². The van der Waals surface area contributed by atoms with E-state index in [1.54, 1.807) is 0 Å². The maximum Gasteiger partial charge on any atom is 0.314 e. The fraction of sp³-hybridized carbons (Fsp3) is 0.857. The molecule has 0 aliphatic carbocycles. The summed E-state index contributed by atoms with van der Waals surface area (Å²) in [5.74, 6) is 0.949. The minimum Gasteiger partial charge on any atom is -0.338 e. The summed E-state index contributed by atoms with van der Waals surface area (Å²) in [7, 11) is 0. The van der Waals surface area contributed by atoms with Crippen molar-refractivity contribution >= 4 is 17.8 Å². The van der Waals surface area contributed by atoms with Gasteiger partial charge in [-0.25, -0.2) is 4.79 Å². The second kappa shape index (κ2) is 10.7. The fourth-order valence-corrected chi connectivity index (χ4v) is 3.18. The number of unbranched alkanes of at least 4 members (excludes halogenated alkanes) is 2. The van der Waals surface area contributed by atoms with Gasteiger partial charge in [0.05, 0.1) is 5.92 Å². The SMILES string of the molecule is CC(C)C(C)CCNC(=O)NCCCCCN1C(=O)CC(C(C)(C)C)C1=O. The van der Waals surface area contributed by atoms with Crippen LogP contribution < -0.4 is 10.6 Å². The summed E-state index contributed by atoms with van der Waals surface area (Å²) in [5, 5.41) is 5.75. The Labute approximate surface area is 164 Å². The van der Waals surface area contributed by atoms with Crippen LogP contribution in [0.2, 0.25) is 0 Å². The monoisotopic (exact) mass is 381 g/mol. The van der Waals surface area contributed by atoms with Gasteiger partial charge in [-0.05, 0) is 42.9 Å². The lowest BCUT2D eigenvalue weighted by Gasteiger charge is -2.24. The lowest BCUT2D eigenvalue weighted by molar-refractivity contribution is -0.140. The summed E-state index contributed by atoms with van der Waals surface area (Å²) < 4.78 is 0. The van der Waals surface area contributed by atoms with Crippen molar-refractivity contribution in [3.8, 4) is 0 Å². The molecule has 0 bridgehead atoms. The van der Waals surface area contributed by atoms with Crippen molar-refractivity contribution in [1.29, 1.82) is 0 Å². The molecule has 0 saturated carbocycles. The number of nitrogens with one attached hydrogen (secondary N) is 2. The number of rotatable bonds is 10. The first kappa shape index (κ1) is 23.4. The Morgan fingerprint density at radius 1 is 1.07 bits per heavy atom. The summed E-state index contributed by atoms with van der Waals surface area (Å²) in [5.41, 5.74) is -0.175. The molecule has 1 aliphatic rings. The Hall–Kier alpha value is -1.59. The molecule has 2 unspecified atom stereocenters. The molecule has 0 aromatic rings. The molecule has 6 nitrogen and oxygen atoms in total. The Balaban J connectivity index is 2.13. The number of carbonyl (C=O) groups excluding carboxylic acids is 3. The summed E-state index contributed by atoms with van der Waals surface area (Å²) in [6, 6.07) is -0.121. The quantitative estimate of drug-likeness (QED) is 0.449. The molecule has 1 rings (SSSR count). The molecular weight excluding hydrogens is 342 g/mol. The first-order valence-electron chi connectivity index (χ1n) is 10.4. The van der Waals surface area contributed by atoms with Crippen LogP contribution in [0.4, 0.5) is 4.79 Å². The standard InChI is InChI=1S/C21H39N3O3/c1-15(2)16(3)10-12-23-20(27)22-11-8-7-9-13-24-18(25)14-17(19(24)26)21(4,5)6/h15-17H,7-14H2,1-6H3,(H2,22,23,27). The van der Waals surface area contributed by atoms with Gasteiger partial charge >= 0.3 is 6.03 Å². The van der Waals surface area contributed by atoms with E-state index in [2.05, 4.69) is 31.4 Å². The number of likely N-dealkylation sites (tertiary alicyclic amines) is 1. The van der Waals surface area contributed by atoms with Crippen LogP contribution in [0.3, 0.4) is 0 Å². The number of urea groups is 1. The summed E-state index contributed by atoms with van der Waals surface area (Å²) in [4.78, 5) is 37.6. The zero-order valence-electron chi connectivity index (χ0n) is 18.1. The minimum atomic E-state index is -0.200. The number of hydrogen-bond donors (Lipinski definition) is 2. The molecular formula is C21H39N3O3. The Morgan fingerprint density at radius 3 is 2.26 bits per heavy atom. The van der Waals surface area contributed by atoms with Crippen LogP contribution in [0.5, 0.6) is 0 Å². The molecule has 156 valence electrons. The highest BCUT2D eigenvalue weighted by atomic mass is 16.2. The van der Waals surface area contributed by atoms with Crippen LogP contribution in [0.15, 0.2) is 0 Å². The Kier molecular flexibility index (Phi) is 9.27. The number of amides is 4. The number of nitrogens with zero attached hydrogens (tertiary/aromatic N) is 1. The van der Waals surface area contributed by atoms with Gasteiger partial charge in [0, 0.05) is 26.1 Å². The van der Waals surface area contributed by atoms with Crippen molar-refractivity contribution in [3.63, 3.8) is 0 Å². The maximum absolute atomic E-state index is 12.4. The molecule has 0 radical (unpaired) electrons. The minimum absolute atomic E-state index is 0.0272. The van der Waals surface area contributed by atoms with Crippen molar-refractivity contribution in [2.75, 3.05) is 19.6 Å². The number of imide groups is 1. The van der Waals surface area contributed by atoms with Gasteiger partial charge < -0.3 is 10.6 Å². The van der Waals surface area contributed by atoms with Gasteiger partial charge in [0.25, 0.3) is 0 Å². The molecule has 0 aromatic heterocycles. The van der Waals surface area contributed by atoms with Gasteiger partial charge in [-0.15, -0.1) is 0 Å². The van der Waals surface area contributed by atoms with Crippen molar-refractivity contribution in [2.45, 2.75) is 73.6 Å². The van der Waals surface area contributed by atoms with E-state index in [9.17, 15) is 14.4 Å². The van der Waals surface area contributed by atoms with Crippen LogP contribution in [-0.4, -0.2) is 42.4 Å². The second-order valence-electron chi connectivity index (χ2n) is 9.26. The molecule has 0 spiro atoms. The van der Waals surface area contributed by atoms with Crippen molar-refractivity contribution in [3.05, 3.63) is 0 Å². The number of carbonyl (C=O) groups is 3. The van der Waals surface area contributed by atoms with Crippen molar-refractivity contribution in [1.82, 2.24) is 15.5 Å². The van der Waals surface area contributed by atoms with E-state index in [4.69, 9.17) is 0 Å². The zero-order chi connectivity index (χ0) is 20.6. The van der Waals surface area contributed by atoms with E-state index >= 15 is 0 Å². The predicted molar refractivity (Wildman–Crippen MR) is 108 cm³/mol. The third-order valence-electron chi connectivity index (χ3n) is 5.66. The zero-order valence-corrected chi connectivity index (χ0v) is 18.1. The van der Waals surface area contributed by atoms with E-state index in [-0.39, 0.29) is 29.2 Å². The van der Waals surface area contributed by atoms with Crippen molar-refractivity contribution < 1.29 is 14.4 Å². The van der Waals surface area contributed by atoms with Crippen LogP contribution in [0.25, 0.3) is 0 Å². The van der Waals surface area contributed by atoms with E-state index in [0.717, 1.165) is 25.7 Å². The van der Waals surface area contributed by atoms with Gasteiger partial charge in [0.15, 0.2) is 0 Å². The van der Waals surface area contributed by atoms with Gasteiger partial charge in [0.1, 0.15) is 0 Å². The summed E-state index contributed by atoms with van der Waals surface area (Å²) in [6.07, 6.45) is 3.82. The first-order valence-corrected chi connectivity index (χ1v) is 10.4. The smallest absolute Gasteiger partial charge is 0.314 e. The molecule has 1 fully saturated rings. The molecule has 2 N–H and O–H groups in total. The van der Waals surface area contributed by atoms with Gasteiger partial charge in [-0.1, -0.05) is 41.5 Å². The molecule has 2 atom stereocenters. The predicted octanol–water partition coefficient (Wildman–Crippen LogP) is 3.56. The topological polar surface area (TPSA) is 78.5 Å². The van der Waals surface area contributed by atoms with Crippen LogP contribution in [0, 0.1) is 23.2 Å². The third-order valence-corrected chi connectivity index (χ3v) is 5.66. The summed E-state index contributed by atoms with van der Waals surface area (Å²) >= 11 is 0. The Bertz CT molecular complexity index is 511. The van der Waals surface area contributed by atoms with Gasteiger partial charge in [-0.2, -0.15) is 0 Å². The van der Waals surface area contributed by atoms with E-state index in [1.165, 1.54) is 4.90 Å². The van der Waals surface area contributed by atoms with Gasteiger partial charge in [-0.3, -0.25) is 14.5 Å². The highest BCUT2D eigenvalue weighted by Gasteiger charge is 2.44. The average Bonchev–Trinajstić information content (AvgIpc) is 2.85. The lowest BCUT2D eigenvalue weighted by Crippen LogP contribution is -2.37. The first-order chi connectivity index (χ1) is 12.5. The van der Waals surface area contributed by atoms with E-state index in [0.29, 0.717) is 37.9 Å². The Morgan fingerprint density at radius 2 is 1.70 bits per heavy atom. The molecule has 27 heavy (non-hydrogen) atoms. The van der Waals surface area contributed by atoms with E-state index < -0.39 is 0 Å². The maximum atomic E-state index is 12.4. The summed E-state index contributed by atoms with van der Waals surface area (Å²) in [6.45, 7) is 14.4. The fourth-order valence-electron chi connectivity index (χ4n) is 3.18. The lowest BCUT2D eigenvalue weighted by atomic mass is 9.80. The van der Waals surface area contributed by atoms with E-state index in [1.807, 2.05) is 20.8 Å². The molecule has 6 heteroatoms.